The normalized spacial score (nSPS) is 10.9. The van der Waals surface area contributed by atoms with Crippen molar-refractivity contribution in [3.63, 3.8) is 0 Å². The number of amides is 1. The molecule has 1 amide bonds. The van der Waals surface area contributed by atoms with Crippen LogP contribution in [-0.4, -0.2) is 39.1 Å². The van der Waals surface area contributed by atoms with E-state index in [1.54, 1.807) is 13.0 Å². The van der Waals surface area contributed by atoms with Gasteiger partial charge < -0.3 is 15.2 Å². The molecule has 0 atom stereocenters. The van der Waals surface area contributed by atoms with Crippen LogP contribution in [0.5, 0.6) is 5.88 Å². The molecule has 1 aromatic rings. The van der Waals surface area contributed by atoms with E-state index in [1.165, 1.54) is 20.2 Å². The Bertz CT molecular complexity index is 474. The van der Waals surface area contributed by atoms with Gasteiger partial charge in [0.25, 0.3) is 0 Å². The molecule has 0 spiro atoms. The van der Waals surface area contributed by atoms with Gasteiger partial charge in [-0.25, -0.2) is 14.8 Å². The van der Waals surface area contributed by atoms with E-state index in [-0.39, 0.29) is 13.0 Å². The largest absolute Gasteiger partial charge is 0.480 e. The van der Waals surface area contributed by atoms with Gasteiger partial charge in [-0.1, -0.05) is 0 Å². The molecule has 0 unspecified atom stereocenters. The Balaban J connectivity index is 2.37. The first-order valence-electron chi connectivity index (χ1n) is 5.77. The zero-order valence-electron chi connectivity index (χ0n) is 11.1. The summed E-state index contributed by atoms with van der Waals surface area (Å²) >= 11 is 0. The van der Waals surface area contributed by atoms with Gasteiger partial charge in [0, 0.05) is 11.8 Å². The minimum atomic E-state index is -1.29. The zero-order chi connectivity index (χ0) is 14.5. The minimum Gasteiger partial charge on any atom is -0.480 e. The number of nitrogens with zero attached hydrogens (tertiary/aromatic N) is 2. The van der Waals surface area contributed by atoms with Crippen molar-refractivity contribution in [3.8, 4) is 5.88 Å². The highest BCUT2D eigenvalue weighted by Gasteiger charge is 2.28. The first kappa shape index (κ1) is 14.9. The lowest BCUT2D eigenvalue weighted by atomic mass is 10.1. The Kier molecular flexibility index (Phi) is 4.80. The number of hydrogen-bond acceptors (Lipinski definition) is 5. The molecule has 104 valence electrons. The number of ether oxygens (including phenoxy) is 1. The first-order valence-corrected chi connectivity index (χ1v) is 5.77. The molecule has 7 nitrogen and oxygen atoms in total. The van der Waals surface area contributed by atoms with E-state index in [4.69, 9.17) is 9.84 Å². The highest BCUT2D eigenvalue weighted by Crippen LogP contribution is 2.06. The standard InChI is InChI=1S/C12H17N3O4/c1-8-6-10(14-7-13-8)19-5-4-9(16)15-12(2,3)11(17)18/h6-7H,4-5H2,1-3H3,(H,15,16)(H,17,18). The van der Waals surface area contributed by atoms with Gasteiger partial charge >= 0.3 is 5.97 Å². The fourth-order valence-corrected chi connectivity index (χ4v) is 1.22. The average Bonchev–Trinajstić information content (AvgIpc) is 2.28. The number of carboxylic acids is 1. The molecule has 0 aliphatic carbocycles. The molecule has 0 saturated carbocycles. The summed E-state index contributed by atoms with van der Waals surface area (Å²) in [7, 11) is 0. The summed E-state index contributed by atoms with van der Waals surface area (Å²) in [6.45, 7) is 4.76. The van der Waals surface area contributed by atoms with Gasteiger partial charge in [0.1, 0.15) is 11.9 Å². The van der Waals surface area contributed by atoms with Crippen molar-refractivity contribution in [2.24, 2.45) is 0 Å². The Hall–Kier alpha value is -2.18. The summed E-state index contributed by atoms with van der Waals surface area (Å²) in [6.07, 6.45) is 1.43. The van der Waals surface area contributed by atoms with E-state index in [0.29, 0.717) is 5.88 Å². The maximum atomic E-state index is 11.5. The molecule has 1 heterocycles. The van der Waals surface area contributed by atoms with Crippen LogP contribution < -0.4 is 10.1 Å². The van der Waals surface area contributed by atoms with Gasteiger partial charge in [-0.05, 0) is 20.8 Å². The molecule has 0 aliphatic rings. The Morgan fingerprint density at radius 1 is 1.42 bits per heavy atom. The molecule has 0 fully saturated rings. The molecule has 0 radical (unpaired) electrons. The number of aliphatic carboxylic acids is 1. The number of aromatic nitrogens is 2. The van der Waals surface area contributed by atoms with Crippen LogP contribution in [0.4, 0.5) is 0 Å². The second-order valence-electron chi connectivity index (χ2n) is 4.57. The zero-order valence-corrected chi connectivity index (χ0v) is 11.1. The Morgan fingerprint density at radius 3 is 2.68 bits per heavy atom. The third kappa shape index (κ3) is 4.90. The molecular formula is C12H17N3O4. The predicted molar refractivity (Wildman–Crippen MR) is 66.7 cm³/mol. The van der Waals surface area contributed by atoms with Crippen LogP contribution in [-0.2, 0) is 9.59 Å². The van der Waals surface area contributed by atoms with Crippen molar-refractivity contribution >= 4 is 11.9 Å². The van der Waals surface area contributed by atoms with Gasteiger partial charge in [-0.3, -0.25) is 4.79 Å². The van der Waals surface area contributed by atoms with Crippen molar-refractivity contribution in [2.45, 2.75) is 32.7 Å². The van der Waals surface area contributed by atoms with Crippen LogP contribution >= 0.6 is 0 Å². The van der Waals surface area contributed by atoms with Gasteiger partial charge in [-0.15, -0.1) is 0 Å². The average molecular weight is 267 g/mol. The fraction of sp³-hybridized carbons (Fsp3) is 0.500. The molecule has 7 heteroatoms. The molecule has 1 rings (SSSR count). The van der Waals surface area contributed by atoms with Crippen LogP contribution in [0, 0.1) is 6.92 Å². The number of hydrogen-bond donors (Lipinski definition) is 2. The molecule has 0 bridgehead atoms. The summed E-state index contributed by atoms with van der Waals surface area (Å²) in [6, 6.07) is 1.65. The monoisotopic (exact) mass is 267 g/mol. The van der Waals surface area contributed by atoms with Crippen molar-refractivity contribution in [1.82, 2.24) is 15.3 Å². The lowest BCUT2D eigenvalue weighted by Crippen LogP contribution is -2.49. The molecule has 0 aliphatic heterocycles. The Labute approximate surface area is 111 Å². The third-order valence-corrected chi connectivity index (χ3v) is 2.34. The lowest BCUT2D eigenvalue weighted by Gasteiger charge is -2.20. The number of carbonyl (C=O) groups is 2. The van der Waals surface area contributed by atoms with Crippen molar-refractivity contribution < 1.29 is 19.4 Å². The van der Waals surface area contributed by atoms with Crippen LogP contribution in [0.15, 0.2) is 12.4 Å². The number of carboxylic acid groups (broad SMARTS) is 1. The van der Waals surface area contributed by atoms with E-state index in [1.807, 2.05) is 0 Å². The second-order valence-corrected chi connectivity index (χ2v) is 4.57. The van der Waals surface area contributed by atoms with Crippen molar-refractivity contribution in [2.75, 3.05) is 6.61 Å². The summed E-state index contributed by atoms with van der Waals surface area (Å²) in [5.41, 5.74) is -0.524. The topological polar surface area (TPSA) is 101 Å². The maximum absolute atomic E-state index is 11.5. The minimum absolute atomic E-state index is 0.0553. The van der Waals surface area contributed by atoms with E-state index in [0.717, 1.165) is 5.69 Å². The number of rotatable bonds is 6. The van der Waals surface area contributed by atoms with Gasteiger partial charge in [0.05, 0.1) is 13.0 Å². The van der Waals surface area contributed by atoms with Crippen LogP contribution in [0.3, 0.4) is 0 Å². The molecular weight excluding hydrogens is 250 g/mol. The fourth-order valence-electron chi connectivity index (χ4n) is 1.22. The van der Waals surface area contributed by atoms with E-state index in [2.05, 4.69) is 15.3 Å². The molecule has 1 aromatic heterocycles. The van der Waals surface area contributed by atoms with Crippen molar-refractivity contribution in [1.29, 1.82) is 0 Å². The maximum Gasteiger partial charge on any atom is 0.328 e. The molecule has 0 saturated heterocycles. The predicted octanol–water partition coefficient (Wildman–Crippen LogP) is 0.533. The van der Waals surface area contributed by atoms with Crippen LogP contribution in [0.1, 0.15) is 26.0 Å². The van der Waals surface area contributed by atoms with Crippen molar-refractivity contribution in [3.05, 3.63) is 18.1 Å². The number of carbonyl (C=O) groups excluding carboxylic acids is 1. The van der Waals surface area contributed by atoms with Gasteiger partial charge in [-0.2, -0.15) is 0 Å². The van der Waals surface area contributed by atoms with Gasteiger partial charge in [0.15, 0.2) is 0 Å². The lowest BCUT2D eigenvalue weighted by molar-refractivity contribution is -0.146. The number of aryl methyl sites for hydroxylation is 1. The second kappa shape index (κ2) is 6.12. The number of nitrogens with one attached hydrogen (secondary N) is 1. The first-order chi connectivity index (χ1) is 8.81. The summed E-state index contributed by atoms with van der Waals surface area (Å²) in [5.74, 6) is -1.09. The molecule has 0 aromatic carbocycles. The summed E-state index contributed by atoms with van der Waals surface area (Å²) in [5, 5.41) is 11.3. The van der Waals surface area contributed by atoms with E-state index >= 15 is 0 Å². The summed E-state index contributed by atoms with van der Waals surface area (Å²) in [4.78, 5) is 30.2. The SMILES string of the molecule is Cc1cc(OCCC(=O)NC(C)(C)C(=O)O)ncn1. The Morgan fingerprint density at radius 2 is 2.11 bits per heavy atom. The molecule has 19 heavy (non-hydrogen) atoms. The summed E-state index contributed by atoms with van der Waals surface area (Å²) < 4.78 is 5.27. The van der Waals surface area contributed by atoms with Crippen LogP contribution in [0.2, 0.25) is 0 Å². The quantitative estimate of drug-likeness (QED) is 0.779. The highest BCUT2D eigenvalue weighted by molar-refractivity contribution is 5.86. The smallest absolute Gasteiger partial charge is 0.328 e. The van der Waals surface area contributed by atoms with Gasteiger partial charge in [0.2, 0.25) is 11.8 Å². The van der Waals surface area contributed by atoms with Crippen LogP contribution in [0.25, 0.3) is 0 Å². The van der Waals surface area contributed by atoms with E-state index in [9.17, 15) is 9.59 Å². The highest BCUT2D eigenvalue weighted by atomic mass is 16.5. The third-order valence-electron chi connectivity index (χ3n) is 2.34. The molecule has 2 N–H and O–H groups in total. The van der Waals surface area contributed by atoms with E-state index < -0.39 is 17.4 Å².